The number of fused-ring (bicyclic) bond motifs is 2. The van der Waals surface area contributed by atoms with Crippen LogP contribution in [0.25, 0.3) is 0 Å². The third kappa shape index (κ3) is 2.47. The predicted molar refractivity (Wildman–Crippen MR) is 91.2 cm³/mol. The molecule has 4 rings (SSSR count). The Morgan fingerprint density at radius 1 is 0.900 bits per heavy atom. The van der Waals surface area contributed by atoms with Crippen LogP contribution in [0.15, 0.2) is 9.98 Å². The molecule has 0 spiro atoms. The number of thioether (sulfide) groups is 2. The molecular formula is C16H24N2S2. The van der Waals surface area contributed by atoms with Gasteiger partial charge in [0.1, 0.15) is 0 Å². The molecule has 2 fully saturated rings. The van der Waals surface area contributed by atoms with E-state index >= 15 is 0 Å². The van der Waals surface area contributed by atoms with Gasteiger partial charge in [-0.1, -0.05) is 19.8 Å². The van der Waals surface area contributed by atoms with Gasteiger partial charge in [-0.3, -0.25) is 9.98 Å². The Hall–Kier alpha value is 0.0400. The van der Waals surface area contributed by atoms with Crippen LogP contribution in [0.3, 0.4) is 0 Å². The molecule has 0 aromatic heterocycles. The summed E-state index contributed by atoms with van der Waals surface area (Å²) < 4.78 is 0. The van der Waals surface area contributed by atoms with Crippen LogP contribution in [0.2, 0.25) is 0 Å². The molecule has 0 N–H and O–H groups in total. The largest absolute Gasteiger partial charge is 0.279 e. The van der Waals surface area contributed by atoms with Crippen molar-refractivity contribution in [1.82, 2.24) is 0 Å². The Bertz CT molecular complexity index is 451. The molecule has 2 nitrogen and oxygen atoms in total. The first-order valence-corrected chi connectivity index (χ1v) is 9.90. The summed E-state index contributed by atoms with van der Waals surface area (Å²) in [6.07, 6.45) is 8.10. The van der Waals surface area contributed by atoms with Crippen molar-refractivity contribution in [3.05, 3.63) is 0 Å². The van der Waals surface area contributed by atoms with Gasteiger partial charge in [0.05, 0.1) is 22.2 Å². The van der Waals surface area contributed by atoms with Crippen molar-refractivity contribution in [3.8, 4) is 0 Å². The lowest BCUT2D eigenvalue weighted by Gasteiger charge is -2.30. The Balaban J connectivity index is 1.43. The highest BCUT2D eigenvalue weighted by Gasteiger charge is 2.44. The van der Waals surface area contributed by atoms with Crippen LogP contribution in [-0.4, -0.2) is 32.7 Å². The second kappa shape index (κ2) is 5.35. The van der Waals surface area contributed by atoms with Crippen LogP contribution in [0.4, 0.5) is 0 Å². The van der Waals surface area contributed by atoms with E-state index in [1.54, 1.807) is 0 Å². The molecule has 2 heterocycles. The number of rotatable bonds is 1. The monoisotopic (exact) mass is 308 g/mol. The molecule has 4 unspecified atom stereocenters. The zero-order chi connectivity index (χ0) is 13.7. The zero-order valence-corrected chi connectivity index (χ0v) is 14.1. The Labute approximate surface area is 130 Å². The van der Waals surface area contributed by atoms with Gasteiger partial charge in [0.25, 0.3) is 0 Å². The van der Waals surface area contributed by atoms with Crippen LogP contribution in [0.5, 0.6) is 0 Å². The van der Waals surface area contributed by atoms with E-state index in [9.17, 15) is 0 Å². The van der Waals surface area contributed by atoms with Gasteiger partial charge in [0.2, 0.25) is 0 Å². The third-order valence-corrected chi connectivity index (χ3v) is 8.15. The summed E-state index contributed by atoms with van der Waals surface area (Å²) >= 11 is 4.13. The van der Waals surface area contributed by atoms with Crippen LogP contribution in [-0.2, 0) is 0 Å². The van der Waals surface area contributed by atoms with Gasteiger partial charge in [-0.15, -0.1) is 23.5 Å². The first kappa shape index (κ1) is 13.7. The molecule has 2 saturated carbocycles. The highest BCUT2D eigenvalue weighted by Crippen LogP contribution is 2.47. The SMILES string of the molecule is CC1=NC2CC3SC(C4CCC(C)CC4)=NC3CC2S1. The maximum atomic E-state index is 5.16. The van der Waals surface area contributed by atoms with E-state index < -0.39 is 0 Å². The number of hydrogen-bond acceptors (Lipinski definition) is 4. The van der Waals surface area contributed by atoms with E-state index in [2.05, 4.69) is 25.6 Å². The molecule has 0 saturated heterocycles. The van der Waals surface area contributed by atoms with Crippen LogP contribution < -0.4 is 0 Å². The summed E-state index contributed by atoms with van der Waals surface area (Å²) in [7, 11) is 0. The van der Waals surface area contributed by atoms with Gasteiger partial charge in [-0.25, -0.2) is 0 Å². The highest BCUT2D eigenvalue weighted by atomic mass is 32.2. The van der Waals surface area contributed by atoms with Crippen molar-refractivity contribution in [1.29, 1.82) is 0 Å². The van der Waals surface area contributed by atoms with Crippen molar-refractivity contribution in [3.63, 3.8) is 0 Å². The minimum Gasteiger partial charge on any atom is -0.279 e. The van der Waals surface area contributed by atoms with E-state index in [1.807, 2.05) is 11.8 Å². The molecule has 0 aromatic rings. The summed E-state index contributed by atoms with van der Waals surface area (Å²) in [5.41, 5.74) is 0. The fourth-order valence-electron chi connectivity index (χ4n) is 4.16. The minimum atomic E-state index is 0.592. The average Bonchev–Trinajstić information content (AvgIpc) is 2.97. The smallest absolute Gasteiger partial charge is 0.0714 e. The van der Waals surface area contributed by atoms with Gasteiger partial charge in [0, 0.05) is 16.4 Å². The highest BCUT2D eigenvalue weighted by molar-refractivity contribution is 8.15. The second-order valence-corrected chi connectivity index (χ2v) is 9.68. The van der Waals surface area contributed by atoms with Gasteiger partial charge < -0.3 is 0 Å². The fourth-order valence-corrected chi connectivity index (χ4v) is 6.97. The summed E-state index contributed by atoms with van der Waals surface area (Å²) in [5.74, 6) is 1.73. The molecule has 4 aliphatic rings. The fraction of sp³-hybridized carbons (Fsp3) is 0.875. The lowest BCUT2D eigenvalue weighted by Crippen LogP contribution is -2.36. The topological polar surface area (TPSA) is 24.7 Å². The maximum Gasteiger partial charge on any atom is 0.0714 e. The van der Waals surface area contributed by atoms with Crippen molar-refractivity contribution in [2.24, 2.45) is 21.8 Å². The van der Waals surface area contributed by atoms with Crippen LogP contribution in [0.1, 0.15) is 52.4 Å². The van der Waals surface area contributed by atoms with Crippen molar-refractivity contribution >= 4 is 33.6 Å². The predicted octanol–water partition coefficient (Wildman–Crippen LogP) is 4.39. The summed E-state index contributed by atoms with van der Waals surface area (Å²) in [4.78, 5) is 9.99. The molecule has 4 atom stereocenters. The average molecular weight is 309 g/mol. The second-order valence-electron chi connectivity index (χ2n) is 6.99. The molecule has 110 valence electrons. The standard InChI is InChI=1S/C16H24N2S2/c1-9-3-5-11(6-4-9)16-18-13-8-14-12(7-15(13)20-16)17-10(2)19-14/h9,11-15H,3-8H2,1-2H3. The van der Waals surface area contributed by atoms with Crippen LogP contribution in [0, 0.1) is 11.8 Å². The van der Waals surface area contributed by atoms with E-state index in [1.165, 1.54) is 48.6 Å². The Kier molecular flexibility index (Phi) is 3.66. The van der Waals surface area contributed by atoms with Crippen molar-refractivity contribution in [2.45, 2.75) is 75.0 Å². The summed E-state index contributed by atoms with van der Waals surface area (Å²) in [6, 6.07) is 1.19. The van der Waals surface area contributed by atoms with Gasteiger partial charge >= 0.3 is 0 Å². The number of hydrogen-bond donors (Lipinski definition) is 0. The maximum absolute atomic E-state index is 5.16. The minimum absolute atomic E-state index is 0.592. The van der Waals surface area contributed by atoms with E-state index in [-0.39, 0.29) is 0 Å². The number of aliphatic imine (C=N–C) groups is 2. The molecule has 0 bridgehead atoms. The molecule has 0 amide bonds. The van der Waals surface area contributed by atoms with Gasteiger partial charge in [-0.05, 0) is 38.5 Å². The van der Waals surface area contributed by atoms with Crippen molar-refractivity contribution in [2.75, 3.05) is 0 Å². The summed E-state index contributed by atoms with van der Waals surface area (Å²) in [6.45, 7) is 4.57. The van der Waals surface area contributed by atoms with E-state index in [0.29, 0.717) is 12.1 Å². The molecular weight excluding hydrogens is 284 g/mol. The van der Waals surface area contributed by atoms with E-state index in [4.69, 9.17) is 9.98 Å². The summed E-state index contributed by atoms with van der Waals surface area (Å²) in [5, 5.41) is 4.28. The van der Waals surface area contributed by atoms with Crippen molar-refractivity contribution < 1.29 is 0 Å². The Morgan fingerprint density at radius 3 is 2.30 bits per heavy atom. The molecule has 20 heavy (non-hydrogen) atoms. The first-order chi connectivity index (χ1) is 9.69. The lowest BCUT2D eigenvalue weighted by molar-refractivity contribution is 0.345. The first-order valence-electron chi connectivity index (χ1n) is 8.14. The normalized spacial score (nSPS) is 47.5. The quantitative estimate of drug-likeness (QED) is 0.717. The third-order valence-electron chi connectivity index (χ3n) is 5.41. The zero-order valence-electron chi connectivity index (χ0n) is 12.4. The molecule has 4 heteroatoms. The lowest BCUT2D eigenvalue weighted by atomic mass is 9.83. The van der Waals surface area contributed by atoms with Gasteiger partial charge in [0.15, 0.2) is 0 Å². The Morgan fingerprint density at radius 2 is 1.55 bits per heavy atom. The van der Waals surface area contributed by atoms with Crippen LogP contribution >= 0.6 is 23.5 Å². The molecule has 2 aliphatic carbocycles. The molecule has 0 aromatic carbocycles. The van der Waals surface area contributed by atoms with E-state index in [0.717, 1.165) is 22.3 Å². The molecule has 2 aliphatic heterocycles. The number of nitrogens with zero attached hydrogens (tertiary/aromatic N) is 2. The van der Waals surface area contributed by atoms with Gasteiger partial charge in [-0.2, -0.15) is 0 Å². The molecule has 0 radical (unpaired) electrons.